The van der Waals surface area contributed by atoms with Crippen LogP contribution in [0.25, 0.3) is 0 Å². The summed E-state index contributed by atoms with van der Waals surface area (Å²) in [7, 11) is 1.58. The monoisotopic (exact) mass is 317 g/mol. The minimum atomic E-state index is 0.00726. The number of rotatable bonds is 6. The molecule has 2 aromatic rings. The summed E-state index contributed by atoms with van der Waals surface area (Å²) < 4.78 is 5.12. The molecule has 0 atom stereocenters. The fourth-order valence-electron chi connectivity index (χ4n) is 2.29. The molecule has 22 heavy (non-hydrogen) atoms. The number of aryl methyl sites for hydroxylation is 2. The van der Waals surface area contributed by atoms with Crippen molar-refractivity contribution in [1.29, 1.82) is 0 Å². The van der Waals surface area contributed by atoms with Gasteiger partial charge < -0.3 is 10.1 Å². The zero-order valence-electron chi connectivity index (χ0n) is 12.9. The number of carbonyl (C=O) groups excluding carboxylic acids is 1. The highest BCUT2D eigenvalue weighted by Crippen LogP contribution is 2.25. The van der Waals surface area contributed by atoms with E-state index in [1.165, 1.54) is 0 Å². The van der Waals surface area contributed by atoms with Crippen molar-refractivity contribution in [3.05, 3.63) is 58.6 Å². The summed E-state index contributed by atoms with van der Waals surface area (Å²) >= 11 is 6.09. The van der Waals surface area contributed by atoms with Crippen LogP contribution in [0.15, 0.2) is 42.5 Å². The van der Waals surface area contributed by atoms with Gasteiger partial charge in [-0.25, -0.2) is 0 Å². The van der Waals surface area contributed by atoms with E-state index in [4.69, 9.17) is 16.3 Å². The molecule has 2 aromatic carbocycles. The quantitative estimate of drug-likeness (QED) is 0.853. The van der Waals surface area contributed by atoms with Crippen molar-refractivity contribution in [3.8, 4) is 5.75 Å². The third-order valence-electron chi connectivity index (χ3n) is 3.53. The molecule has 0 aliphatic heterocycles. The molecule has 0 aliphatic carbocycles. The van der Waals surface area contributed by atoms with Gasteiger partial charge in [0.25, 0.3) is 0 Å². The molecule has 0 aromatic heterocycles. The lowest BCUT2D eigenvalue weighted by atomic mass is 10.1. The zero-order chi connectivity index (χ0) is 15.9. The number of hydrogen-bond acceptors (Lipinski definition) is 2. The third kappa shape index (κ3) is 4.25. The number of methoxy groups -OCH3 is 1. The molecular weight excluding hydrogens is 298 g/mol. The summed E-state index contributed by atoms with van der Waals surface area (Å²) in [4.78, 5) is 12.1. The predicted octanol–water partition coefficient (Wildman–Crippen LogP) is 4.48. The first kappa shape index (κ1) is 16.4. The molecule has 1 N–H and O–H groups in total. The van der Waals surface area contributed by atoms with Crippen LogP contribution >= 0.6 is 11.6 Å². The second-order valence-electron chi connectivity index (χ2n) is 5.03. The van der Waals surface area contributed by atoms with Crippen LogP contribution in [0.3, 0.4) is 0 Å². The number of ether oxygens (including phenoxy) is 1. The lowest BCUT2D eigenvalue weighted by Crippen LogP contribution is -2.13. The van der Waals surface area contributed by atoms with Gasteiger partial charge in [0.1, 0.15) is 5.75 Å². The number of benzene rings is 2. The molecule has 0 aliphatic rings. The molecule has 0 saturated heterocycles. The molecule has 4 heteroatoms. The Morgan fingerprint density at radius 2 is 2.00 bits per heavy atom. The summed E-state index contributed by atoms with van der Waals surface area (Å²) in [5, 5.41) is 3.54. The molecule has 0 fully saturated rings. The van der Waals surface area contributed by atoms with E-state index in [2.05, 4.69) is 12.2 Å². The van der Waals surface area contributed by atoms with Gasteiger partial charge in [0.05, 0.1) is 12.1 Å². The Kier molecular flexibility index (Phi) is 5.84. The maximum absolute atomic E-state index is 12.1. The maximum Gasteiger partial charge on any atom is 0.224 e. The molecule has 2 rings (SSSR count). The lowest BCUT2D eigenvalue weighted by Gasteiger charge is -2.10. The van der Waals surface area contributed by atoms with E-state index in [0.29, 0.717) is 23.6 Å². The maximum atomic E-state index is 12.1. The fraction of sp³-hybridized carbons (Fsp3) is 0.278. The summed E-state index contributed by atoms with van der Waals surface area (Å²) in [6.45, 7) is 2.07. The molecule has 1 amide bonds. The lowest BCUT2D eigenvalue weighted by molar-refractivity contribution is -0.116. The standard InChI is InChI=1S/C18H20ClNO2/c1-3-14-6-4-5-7-16(14)20-18(21)11-9-13-8-10-17(22-2)15(19)12-13/h4-8,10,12H,3,9,11H2,1-2H3,(H,20,21). The van der Waals surface area contributed by atoms with Crippen molar-refractivity contribution in [1.82, 2.24) is 0 Å². The number of nitrogens with one attached hydrogen (secondary N) is 1. The third-order valence-corrected chi connectivity index (χ3v) is 3.82. The van der Waals surface area contributed by atoms with Crippen molar-refractivity contribution >= 4 is 23.2 Å². The van der Waals surface area contributed by atoms with E-state index >= 15 is 0 Å². The van der Waals surface area contributed by atoms with Crippen molar-refractivity contribution < 1.29 is 9.53 Å². The molecule has 0 heterocycles. The fourth-order valence-corrected chi connectivity index (χ4v) is 2.57. The number of hydrogen-bond donors (Lipinski definition) is 1. The zero-order valence-corrected chi connectivity index (χ0v) is 13.6. The van der Waals surface area contributed by atoms with Crippen molar-refractivity contribution in [3.63, 3.8) is 0 Å². The van der Waals surface area contributed by atoms with Crippen LogP contribution < -0.4 is 10.1 Å². The second-order valence-corrected chi connectivity index (χ2v) is 5.43. The first-order valence-corrected chi connectivity index (χ1v) is 7.72. The highest BCUT2D eigenvalue weighted by Gasteiger charge is 2.07. The minimum absolute atomic E-state index is 0.00726. The normalized spacial score (nSPS) is 10.3. The van der Waals surface area contributed by atoms with Gasteiger partial charge in [-0.1, -0.05) is 42.8 Å². The van der Waals surface area contributed by atoms with E-state index in [1.807, 2.05) is 42.5 Å². The van der Waals surface area contributed by atoms with Gasteiger partial charge in [0.2, 0.25) is 5.91 Å². The van der Waals surface area contributed by atoms with Crippen molar-refractivity contribution in [2.75, 3.05) is 12.4 Å². The Bertz CT molecular complexity index is 655. The van der Waals surface area contributed by atoms with Crippen LogP contribution in [0.4, 0.5) is 5.69 Å². The van der Waals surface area contributed by atoms with Gasteiger partial charge >= 0.3 is 0 Å². The number of amides is 1. The van der Waals surface area contributed by atoms with Crippen LogP contribution in [-0.4, -0.2) is 13.0 Å². The Morgan fingerprint density at radius 3 is 2.68 bits per heavy atom. The largest absolute Gasteiger partial charge is 0.495 e. The van der Waals surface area contributed by atoms with Gasteiger partial charge in [0.15, 0.2) is 0 Å². The predicted molar refractivity (Wildman–Crippen MR) is 90.8 cm³/mol. The molecule has 0 unspecified atom stereocenters. The Labute approximate surface area is 136 Å². The van der Waals surface area contributed by atoms with E-state index < -0.39 is 0 Å². The van der Waals surface area contributed by atoms with Gasteiger partial charge in [-0.05, 0) is 42.2 Å². The van der Waals surface area contributed by atoms with Crippen molar-refractivity contribution in [2.24, 2.45) is 0 Å². The summed E-state index contributed by atoms with van der Waals surface area (Å²) in [6, 6.07) is 13.5. The van der Waals surface area contributed by atoms with E-state index in [-0.39, 0.29) is 5.91 Å². The Morgan fingerprint density at radius 1 is 1.23 bits per heavy atom. The highest BCUT2D eigenvalue weighted by molar-refractivity contribution is 6.32. The molecule has 3 nitrogen and oxygen atoms in total. The van der Waals surface area contributed by atoms with E-state index in [1.54, 1.807) is 7.11 Å². The number of carbonyl (C=O) groups is 1. The van der Waals surface area contributed by atoms with Crippen molar-refractivity contribution in [2.45, 2.75) is 26.2 Å². The summed E-state index contributed by atoms with van der Waals surface area (Å²) in [6.07, 6.45) is 1.95. The van der Waals surface area contributed by atoms with E-state index in [0.717, 1.165) is 23.2 Å². The molecular formula is C18H20ClNO2. The van der Waals surface area contributed by atoms with Crippen LogP contribution in [0.5, 0.6) is 5.75 Å². The summed E-state index contributed by atoms with van der Waals surface area (Å²) in [5.74, 6) is 0.652. The van der Waals surface area contributed by atoms with Gasteiger partial charge in [0, 0.05) is 12.1 Å². The average Bonchev–Trinajstić information content (AvgIpc) is 2.53. The summed E-state index contributed by atoms with van der Waals surface area (Å²) in [5.41, 5.74) is 3.05. The minimum Gasteiger partial charge on any atom is -0.495 e. The van der Waals surface area contributed by atoms with Crippen LogP contribution in [0.2, 0.25) is 5.02 Å². The highest BCUT2D eigenvalue weighted by atomic mass is 35.5. The second kappa shape index (κ2) is 7.85. The van der Waals surface area contributed by atoms with Crippen LogP contribution in [0.1, 0.15) is 24.5 Å². The molecule has 0 bridgehead atoms. The van der Waals surface area contributed by atoms with Gasteiger partial charge in [-0.2, -0.15) is 0 Å². The average molecular weight is 318 g/mol. The number of anilines is 1. The first-order chi connectivity index (χ1) is 10.6. The van der Waals surface area contributed by atoms with Crippen LogP contribution in [-0.2, 0) is 17.6 Å². The smallest absolute Gasteiger partial charge is 0.224 e. The van der Waals surface area contributed by atoms with Gasteiger partial charge in [-0.3, -0.25) is 4.79 Å². The Hall–Kier alpha value is -2.00. The van der Waals surface area contributed by atoms with E-state index in [9.17, 15) is 4.79 Å². The molecule has 0 saturated carbocycles. The molecule has 116 valence electrons. The van der Waals surface area contributed by atoms with Crippen LogP contribution in [0, 0.1) is 0 Å². The van der Waals surface area contributed by atoms with Gasteiger partial charge in [-0.15, -0.1) is 0 Å². The molecule has 0 radical (unpaired) electrons. The Balaban J connectivity index is 1.94. The first-order valence-electron chi connectivity index (χ1n) is 7.34. The number of halogens is 1. The topological polar surface area (TPSA) is 38.3 Å². The molecule has 0 spiro atoms. The number of para-hydroxylation sites is 1. The SMILES string of the molecule is CCc1ccccc1NC(=O)CCc1ccc(OC)c(Cl)c1.